The van der Waals surface area contributed by atoms with Gasteiger partial charge in [-0.3, -0.25) is 14.5 Å². The van der Waals surface area contributed by atoms with Crippen LogP contribution in [0.2, 0.25) is 0 Å². The lowest BCUT2D eigenvalue weighted by molar-refractivity contribution is -0.136. The van der Waals surface area contributed by atoms with Gasteiger partial charge in [0, 0.05) is 19.7 Å². The Bertz CT molecular complexity index is 977. The van der Waals surface area contributed by atoms with Crippen molar-refractivity contribution in [2.75, 3.05) is 26.0 Å². The summed E-state index contributed by atoms with van der Waals surface area (Å²) < 4.78 is 0. The number of aliphatic imine (C=N–C) groups is 1. The van der Waals surface area contributed by atoms with E-state index in [4.69, 9.17) is 0 Å². The minimum absolute atomic E-state index is 0.103. The van der Waals surface area contributed by atoms with E-state index in [1.807, 2.05) is 30.3 Å². The molecule has 0 bridgehead atoms. The van der Waals surface area contributed by atoms with E-state index in [0.717, 1.165) is 10.5 Å². The molecular weight excluding hydrogens is 374 g/mol. The SMILES string of the molecule is CN1C(=O)C2C(N=CN2CC(=O)Nc2ccc(-c3ccccc3)nn2)N(C)C1=O. The van der Waals surface area contributed by atoms with Gasteiger partial charge in [0.1, 0.15) is 0 Å². The number of fused-ring (bicyclic) bond motifs is 1. The number of rotatable bonds is 4. The zero-order valence-electron chi connectivity index (χ0n) is 15.9. The van der Waals surface area contributed by atoms with Crippen molar-refractivity contribution in [1.82, 2.24) is 24.9 Å². The maximum atomic E-state index is 12.5. The van der Waals surface area contributed by atoms with Crippen molar-refractivity contribution in [3.05, 3.63) is 42.5 Å². The molecule has 1 aromatic heterocycles. The summed E-state index contributed by atoms with van der Waals surface area (Å²) in [4.78, 5) is 45.1. The first-order valence-corrected chi connectivity index (χ1v) is 8.98. The van der Waals surface area contributed by atoms with Crippen molar-refractivity contribution in [1.29, 1.82) is 0 Å². The molecule has 2 aliphatic heterocycles. The van der Waals surface area contributed by atoms with E-state index >= 15 is 0 Å². The Kier molecular flexibility index (Phi) is 4.67. The lowest BCUT2D eigenvalue weighted by Gasteiger charge is -2.39. The highest BCUT2D eigenvalue weighted by Crippen LogP contribution is 2.24. The van der Waals surface area contributed by atoms with Crippen molar-refractivity contribution < 1.29 is 14.4 Å². The van der Waals surface area contributed by atoms with E-state index in [2.05, 4.69) is 20.5 Å². The van der Waals surface area contributed by atoms with Crippen LogP contribution < -0.4 is 5.32 Å². The fraction of sp³-hybridized carbons (Fsp3) is 0.263. The highest BCUT2D eigenvalue weighted by Gasteiger charge is 2.48. The number of carbonyl (C=O) groups is 3. The number of likely N-dealkylation sites (N-methyl/N-ethyl adjacent to an activating group) is 2. The van der Waals surface area contributed by atoms with E-state index in [9.17, 15) is 14.4 Å². The quantitative estimate of drug-likeness (QED) is 0.816. The molecule has 2 aliphatic rings. The zero-order valence-corrected chi connectivity index (χ0v) is 15.9. The molecule has 1 N–H and O–H groups in total. The molecule has 2 atom stereocenters. The number of hydrogen-bond donors (Lipinski definition) is 1. The molecule has 4 rings (SSSR count). The topological polar surface area (TPSA) is 111 Å². The maximum Gasteiger partial charge on any atom is 0.328 e. The van der Waals surface area contributed by atoms with Gasteiger partial charge in [-0.05, 0) is 12.1 Å². The van der Waals surface area contributed by atoms with Gasteiger partial charge in [0.2, 0.25) is 5.91 Å². The summed E-state index contributed by atoms with van der Waals surface area (Å²) in [5.74, 6) is -0.453. The Balaban J connectivity index is 1.41. The number of amides is 4. The Morgan fingerprint density at radius 2 is 1.83 bits per heavy atom. The predicted octanol–water partition coefficient (Wildman–Crippen LogP) is 0.644. The van der Waals surface area contributed by atoms with Crippen LogP contribution in [0.3, 0.4) is 0 Å². The summed E-state index contributed by atoms with van der Waals surface area (Å²) in [7, 11) is 2.99. The average Bonchev–Trinajstić information content (AvgIpc) is 3.15. The molecule has 0 spiro atoms. The monoisotopic (exact) mass is 393 g/mol. The molecule has 1 saturated heterocycles. The van der Waals surface area contributed by atoms with Gasteiger partial charge in [0.25, 0.3) is 5.91 Å². The lowest BCUT2D eigenvalue weighted by atomic mass is 10.1. The zero-order chi connectivity index (χ0) is 20.5. The molecular formula is C19H19N7O3. The molecule has 29 heavy (non-hydrogen) atoms. The summed E-state index contributed by atoms with van der Waals surface area (Å²) in [6.07, 6.45) is 0.795. The minimum Gasteiger partial charge on any atom is -0.338 e. The Labute approximate surface area is 166 Å². The van der Waals surface area contributed by atoms with Crippen LogP contribution in [0.25, 0.3) is 11.3 Å². The molecule has 10 heteroatoms. The Morgan fingerprint density at radius 3 is 2.52 bits per heavy atom. The van der Waals surface area contributed by atoms with Crippen LogP contribution in [0.15, 0.2) is 47.5 Å². The number of nitrogens with zero attached hydrogens (tertiary/aromatic N) is 6. The molecule has 4 amide bonds. The van der Waals surface area contributed by atoms with Crippen LogP contribution in [0.4, 0.5) is 10.6 Å². The van der Waals surface area contributed by atoms with Gasteiger partial charge in [0.15, 0.2) is 18.0 Å². The van der Waals surface area contributed by atoms with Crippen molar-refractivity contribution in [2.24, 2.45) is 4.99 Å². The van der Waals surface area contributed by atoms with E-state index in [0.29, 0.717) is 11.5 Å². The van der Waals surface area contributed by atoms with E-state index in [-0.39, 0.29) is 12.5 Å². The standard InChI is InChI=1S/C19H19N7O3/c1-24-17-16(18(28)25(2)19(24)29)26(11-20-17)10-15(27)21-14-9-8-13(22-23-14)12-6-4-3-5-7-12/h3-9,11,16-17H,10H2,1-2H3,(H,21,23,27). The van der Waals surface area contributed by atoms with E-state index in [1.54, 1.807) is 19.2 Å². The van der Waals surface area contributed by atoms with Crippen molar-refractivity contribution in [2.45, 2.75) is 12.2 Å². The van der Waals surface area contributed by atoms with E-state index < -0.39 is 24.1 Å². The van der Waals surface area contributed by atoms with Crippen LogP contribution in [-0.4, -0.2) is 81.9 Å². The fourth-order valence-corrected chi connectivity index (χ4v) is 3.35. The lowest BCUT2D eigenvalue weighted by Crippen LogP contribution is -2.64. The van der Waals surface area contributed by atoms with Gasteiger partial charge < -0.3 is 15.1 Å². The number of anilines is 1. The van der Waals surface area contributed by atoms with Crippen molar-refractivity contribution in [3.63, 3.8) is 0 Å². The highest BCUT2D eigenvalue weighted by atomic mass is 16.2. The van der Waals surface area contributed by atoms with Crippen LogP contribution in [0, 0.1) is 0 Å². The molecule has 3 heterocycles. The number of nitrogens with one attached hydrogen (secondary N) is 1. The number of carbonyl (C=O) groups excluding carboxylic acids is 3. The van der Waals surface area contributed by atoms with Gasteiger partial charge in [-0.25, -0.2) is 9.79 Å². The first kappa shape index (κ1) is 18.5. The van der Waals surface area contributed by atoms with Gasteiger partial charge in [0.05, 0.1) is 18.6 Å². The maximum absolute atomic E-state index is 12.5. The molecule has 2 aromatic rings. The number of benzene rings is 1. The second-order valence-corrected chi connectivity index (χ2v) is 6.80. The van der Waals surface area contributed by atoms with E-state index in [1.165, 1.54) is 23.2 Å². The predicted molar refractivity (Wildman–Crippen MR) is 105 cm³/mol. The summed E-state index contributed by atoms with van der Waals surface area (Å²) in [5, 5.41) is 10.8. The fourth-order valence-electron chi connectivity index (χ4n) is 3.35. The number of aromatic nitrogens is 2. The molecule has 0 radical (unpaired) electrons. The molecule has 148 valence electrons. The van der Waals surface area contributed by atoms with Gasteiger partial charge >= 0.3 is 6.03 Å². The number of hydrogen-bond acceptors (Lipinski definition) is 7. The largest absolute Gasteiger partial charge is 0.338 e. The average molecular weight is 393 g/mol. The smallest absolute Gasteiger partial charge is 0.328 e. The van der Waals surface area contributed by atoms with Crippen molar-refractivity contribution >= 4 is 30.0 Å². The van der Waals surface area contributed by atoms with Gasteiger partial charge in [-0.15, -0.1) is 10.2 Å². The summed E-state index contributed by atoms with van der Waals surface area (Å²) in [6, 6.07) is 11.9. The minimum atomic E-state index is -0.722. The van der Waals surface area contributed by atoms with Gasteiger partial charge in [-0.1, -0.05) is 30.3 Å². The Hall–Kier alpha value is -3.82. The summed E-state index contributed by atoms with van der Waals surface area (Å²) in [6.45, 7) is -0.103. The van der Waals surface area contributed by atoms with Crippen LogP contribution in [0.5, 0.6) is 0 Å². The first-order valence-electron chi connectivity index (χ1n) is 8.98. The molecule has 0 saturated carbocycles. The molecule has 2 unspecified atom stereocenters. The number of imide groups is 1. The van der Waals surface area contributed by atoms with Crippen LogP contribution in [0.1, 0.15) is 0 Å². The number of urea groups is 1. The molecule has 0 aliphatic carbocycles. The third-order valence-electron chi connectivity index (χ3n) is 4.90. The Morgan fingerprint density at radius 1 is 1.07 bits per heavy atom. The third-order valence-corrected chi connectivity index (χ3v) is 4.90. The third kappa shape index (κ3) is 3.40. The molecule has 10 nitrogen and oxygen atoms in total. The second-order valence-electron chi connectivity index (χ2n) is 6.80. The molecule has 1 fully saturated rings. The second kappa shape index (κ2) is 7.30. The van der Waals surface area contributed by atoms with Crippen LogP contribution >= 0.6 is 0 Å². The van der Waals surface area contributed by atoms with Crippen LogP contribution in [-0.2, 0) is 9.59 Å². The van der Waals surface area contributed by atoms with Gasteiger partial charge in [-0.2, -0.15) is 0 Å². The first-order chi connectivity index (χ1) is 14.0. The summed E-state index contributed by atoms with van der Waals surface area (Å²) >= 11 is 0. The normalized spacial score (nSPS) is 20.8. The van der Waals surface area contributed by atoms with Crippen molar-refractivity contribution in [3.8, 4) is 11.3 Å². The molecule has 1 aromatic carbocycles. The highest BCUT2D eigenvalue weighted by molar-refractivity contribution is 6.02. The summed E-state index contributed by atoms with van der Waals surface area (Å²) in [5.41, 5.74) is 1.62.